The third-order valence-corrected chi connectivity index (χ3v) is 1.53. The number of rotatable bonds is 2. The van der Waals surface area contributed by atoms with E-state index in [0.29, 0.717) is 17.3 Å². The Bertz CT molecular complexity index is 224. The summed E-state index contributed by atoms with van der Waals surface area (Å²) in [4.78, 5) is 12.8. The molecule has 0 aliphatic heterocycles. The van der Waals surface area contributed by atoms with Gasteiger partial charge in [0.15, 0.2) is 0 Å². The molecule has 1 amide bonds. The summed E-state index contributed by atoms with van der Waals surface area (Å²) in [5, 5.41) is 2.94. The lowest BCUT2D eigenvalue weighted by molar-refractivity contribution is -0.105. The summed E-state index contributed by atoms with van der Waals surface area (Å²) >= 11 is 5.65. The zero-order valence-electron chi connectivity index (χ0n) is 5.44. The predicted molar refractivity (Wildman–Crippen MR) is 40.2 cm³/mol. The molecule has 54 valence electrons. The van der Waals surface area contributed by atoms with E-state index in [2.05, 4.69) is 10.3 Å². The number of nitrogens with one attached hydrogen (secondary N) is 2. The number of hydrogen-bond donors (Lipinski definition) is 2. The Morgan fingerprint density at radius 1 is 1.80 bits per heavy atom. The maximum Gasteiger partial charge on any atom is 0.211 e. The molecular formula is C6H7ClN2O. The average Bonchev–Trinajstić information content (AvgIpc) is 2.20. The van der Waals surface area contributed by atoms with E-state index in [-0.39, 0.29) is 0 Å². The molecule has 0 radical (unpaired) electrons. The van der Waals surface area contributed by atoms with E-state index in [1.165, 1.54) is 0 Å². The Hall–Kier alpha value is -0.960. The average molecular weight is 159 g/mol. The molecule has 2 N–H and O–H groups in total. The van der Waals surface area contributed by atoms with Crippen LogP contribution >= 0.6 is 11.6 Å². The molecule has 0 saturated carbocycles. The van der Waals surface area contributed by atoms with Gasteiger partial charge in [-0.3, -0.25) is 4.79 Å². The molecule has 1 aromatic rings. The highest BCUT2D eigenvalue weighted by molar-refractivity contribution is 6.32. The van der Waals surface area contributed by atoms with E-state index in [1.807, 2.05) is 6.92 Å². The maximum absolute atomic E-state index is 9.99. The van der Waals surface area contributed by atoms with Crippen LogP contribution in [0.2, 0.25) is 5.15 Å². The monoisotopic (exact) mass is 158 g/mol. The molecule has 0 atom stereocenters. The first-order valence-corrected chi connectivity index (χ1v) is 3.17. The zero-order valence-corrected chi connectivity index (χ0v) is 6.20. The Morgan fingerprint density at radius 2 is 2.50 bits per heavy atom. The van der Waals surface area contributed by atoms with Gasteiger partial charge in [0.25, 0.3) is 0 Å². The van der Waals surface area contributed by atoms with Gasteiger partial charge in [0.1, 0.15) is 5.15 Å². The van der Waals surface area contributed by atoms with Crippen LogP contribution in [0, 0.1) is 6.92 Å². The van der Waals surface area contributed by atoms with Gasteiger partial charge in [-0.2, -0.15) is 0 Å². The SMILES string of the molecule is Cc1c[nH]c(Cl)c1NC=O. The topological polar surface area (TPSA) is 44.9 Å². The van der Waals surface area contributed by atoms with E-state index in [4.69, 9.17) is 11.6 Å². The van der Waals surface area contributed by atoms with Crippen molar-refractivity contribution in [1.29, 1.82) is 0 Å². The van der Waals surface area contributed by atoms with Crippen molar-refractivity contribution in [3.63, 3.8) is 0 Å². The molecule has 0 fully saturated rings. The highest BCUT2D eigenvalue weighted by Gasteiger charge is 2.02. The minimum absolute atomic E-state index is 0.463. The fourth-order valence-electron chi connectivity index (χ4n) is 0.725. The number of carbonyl (C=O) groups is 1. The van der Waals surface area contributed by atoms with Gasteiger partial charge in [-0.05, 0) is 12.5 Å². The number of hydrogen-bond acceptors (Lipinski definition) is 1. The smallest absolute Gasteiger partial charge is 0.211 e. The molecule has 3 nitrogen and oxygen atoms in total. The van der Waals surface area contributed by atoms with Crippen LogP contribution in [0.3, 0.4) is 0 Å². The van der Waals surface area contributed by atoms with Gasteiger partial charge in [0, 0.05) is 6.20 Å². The number of anilines is 1. The quantitative estimate of drug-likeness (QED) is 0.631. The van der Waals surface area contributed by atoms with Crippen LogP contribution in [-0.2, 0) is 4.79 Å². The lowest BCUT2D eigenvalue weighted by Gasteiger charge is -1.94. The minimum atomic E-state index is 0.463. The number of aryl methyl sites for hydroxylation is 1. The van der Waals surface area contributed by atoms with Crippen LogP contribution in [0.25, 0.3) is 0 Å². The van der Waals surface area contributed by atoms with Crippen molar-refractivity contribution >= 4 is 23.7 Å². The molecule has 0 unspecified atom stereocenters. The van der Waals surface area contributed by atoms with Crippen molar-refractivity contribution < 1.29 is 4.79 Å². The Morgan fingerprint density at radius 3 is 2.90 bits per heavy atom. The van der Waals surface area contributed by atoms with Crippen molar-refractivity contribution in [2.45, 2.75) is 6.92 Å². The summed E-state index contributed by atoms with van der Waals surface area (Å²) in [7, 11) is 0. The summed E-state index contributed by atoms with van der Waals surface area (Å²) in [6, 6.07) is 0. The summed E-state index contributed by atoms with van der Waals surface area (Å²) in [5.41, 5.74) is 1.58. The standard InChI is InChI=1S/C6H7ClN2O/c1-4-2-8-6(7)5(4)9-3-10/h2-3,8H,1H3,(H,9,10). The summed E-state index contributed by atoms with van der Waals surface area (Å²) in [5.74, 6) is 0. The highest BCUT2D eigenvalue weighted by atomic mass is 35.5. The second kappa shape index (κ2) is 2.75. The number of amides is 1. The van der Waals surface area contributed by atoms with Gasteiger partial charge in [-0.15, -0.1) is 0 Å². The lowest BCUT2D eigenvalue weighted by atomic mass is 10.3. The molecule has 4 heteroatoms. The first-order valence-electron chi connectivity index (χ1n) is 2.79. The van der Waals surface area contributed by atoms with Crippen molar-refractivity contribution in [1.82, 2.24) is 4.98 Å². The van der Waals surface area contributed by atoms with E-state index < -0.39 is 0 Å². The number of aromatic amines is 1. The second-order valence-electron chi connectivity index (χ2n) is 1.92. The van der Waals surface area contributed by atoms with Gasteiger partial charge < -0.3 is 10.3 Å². The maximum atomic E-state index is 9.99. The van der Waals surface area contributed by atoms with Gasteiger partial charge in [0.2, 0.25) is 6.41 Å². The first-order chi connectivity index (χ1) is 4.75. The number of carbonyl (C=O) groups excluding carboxylic acids is 1. The highest BCUT2D eigenvalue weighted by Crippen LogP contribution is 2.23. The van der Waals surface area contributed by atoms with Crippen LogP contribution in [0.5, 0.6) is 0 Å². The van der Waals surface area contributed by atoms with Crippen molar-refractivity contribution in [3.05, 3.63) is 16.9 Å². The van der Waals surface area contributed by atoms with Gasteiger partial charge in [-0.1, -0.05) is 11.6 Å². The van der Waals surface area contributed by atoms with Crippen LogP contribution in [0.4, 0.5) is 5.69 Å². The molecule has 1 heterocycles. The van der Waals surface area contributed by atoms with Gasteiger partial charge >= 0.3 is 0 Å². The molecule has 0 aromatic carbocycles. The molecule has 0 aliphatic carbocycles. The van der Waals surface area contributed by atoms with Crippen molar-refractivity contribution in [3.8, 4) is 0 Å². The lowest BCUT2D eigenvalue weighted by Crippen LogP contribution is -1.93. The molecular weight excluding hydrogens is 152 g/mol. The predicted octanol–water partition coefficient (Wildman–Crippen LogP) is 1.54. The third-order valence-electron chi connectivity index (χ3n) is 1.23. The number of aromatic nitrogens is 1. The molecule has 0 aliphatic rings. The van der Waals surface area contributed by atoms with Crippen LogP contribution in [0.15, 0.2) is 6.20 Å². The van der Waals surface area contributed by atoms with E-state index in [9.17, 15) is 4.79 Å². The van der Waals surface area contributed by atoms with Gasteiger partial charge in [0.05, 0.1) is 5.69 Å². The zero-order chi connectivity index (χ0) is 7.56. The minimum Gasteiger partial charge on any atom is -0.350 e. The van der Waals surface area contributed by atoms with E-state index >= 15 is 0 Å². The fourth-order valence-corrected chi connectivity index (χ4v) is 0.983. The summed E-state index contributed by atoms with van der Waals surface area (Å²) in [6.07, 6.45) is 2.33. The van der Waals surface area contributed by atoms with Crippen LogP contribution in [0.1, 0.15) is 5.56 Å². The first kappa shape index (κ1) is 7.15. The number of halogens is 1. The van der Waals surface area contributed by atoms with Gasteiger partial charge in [-0.25, -0.2) is 0 Å². The Kier molecular flexibility index (Phi) is 1.97. The molecule has 1 rings (SSSR count). The number of H-pyrrole nitrogens is 1. The van der Waals surface area contributed by atoms with E-state index in [0.717, 1.165) is 5.56 Å². The van der Waals surface area contributed by atoms with E-state index in [1.54, 1.807) is 6.20 Å². The van der Waals surface area contributed by atoms with Crippen molar-refractivity contribution in [2.75, 3.05) is 5.32 Å². The molecule has 0 bridgehead atoms. The van der Waals surface area contributed by atoms with Crippen LogP contribution < -0.4 is 5.32 Å². The Labute approximate surface area is 63.4 Å². The second-order valence-corrected chi connectivity index (χ2v) is 2.30. The molecule has 0 spiro atoms. The largest absolute Gasteiger partial charge is 0.350 e. The van der Waals surface area contributed by atoms with Crippen LogP contribution in [-0.4, -0.2) is 11.4 Å². The third kappa shape index (κ3) is 1.14. The van der Waals surface area contributed by atoms with Crippen molar-refractivity contribution in [2.24, 2.45) is 0 Å². The molecule has 0 saturated heterocycles. The normalized spacial score (nSPS) is 9.40. The molecule has 10 heavy (non-hydrogen) atoms. The summed E-state index contributed by atoms with van der Waals surface area (Å²) < 4.78 is 0. The summed E-state index contributed by atoms with van der Waals surface area (Å²) in [6.45, 7) is 1.86. The Balaban J connectivity index is 2.97. The fraction of sp³-hybridized carbons (Fsp3) is 0.167. The molecule has 1 aromatic heterocycles.